The van der Waals surface area contributed by atoms with Gasteiger partial charge in [-0.25, -0.2) is 0 Å². The molecule has 6 rings (SSSR count). The zero-order chi connectivity index (χ0) is 49.8. The minimum atomic E-state index is -0.745. The number of anilines is 3. The zero-order valence-electron chi connectivity index (χ0n) is 41.4. The van der Waals surface area contributed by atoms with Crippen molar-refractivity contribution in [3.05, 3.63) is 93.4 Å². The summed E-state index contributed by atoms with van der Waals surface area (Å²) in [6.07, 6.45) is 8.93. The summed E-state index contributed by atoms with van der Waals surface area (Å²) in [6, 6.07) is 15.4. The van der Waals surface area contributed by atoms with E-state index in [1.54, 1.807) is 20.2 Å². The number of carboxylic acids is 1. The van der Waals surface area contributed by atoms with Crippen molar-refractivity contribution < 1.29 is 85.2 Å². The van der Waals surface area contributed by atoms with E-state index >= 15 is 0 Å². The fraction of sp³-hybridized carbons (Fsp3) is 0.469. The first kappa shape index (κ1) is 59.6. The van der Waals surface area contributed by atoms with Crippen LogP contribution in [-0.4, -0.2) is 98.5 Å². The van der Waals surface area contributed by atoms with Gasteiger partial charge in [0, 0.05) is 77.5 Å². The van der Waals surface area contributed by atoms with Gasteiger partial charge in [-0.1, -0.05) is 105 Å². The minimum absolute atomic E-state index is 0. The number of nitrogens with zero attached hydrogens (tertiary/aromatic N) is 5. The number of fused-ring (bicyclic) bond motifs is 2. The number of hydrogen-bond donors (Lipinski definition) is 6. The average Bonchev–Trinajstić information content (AvgIpc) is 3.83. The molecule has 2 aromatic heterocycles. The predicted molar refractivity (Wildman–Crippen MR) is 269 cm³/mol. The maximum Gasteiger partial charge on any atom is 1.00 e. The number of para-hydroxylation sites is 1. The van der Waals surface area contributed by atoms with E-state index in [2.05, 4.69) is 56.5 Å². The third kappa shape index (κ3) is 16.0. The number of likely N-dealkylation sites (tertiary alicyclic amines) is 1. The second-order valence-corrected chi connectivity index (χ2v) is 16.2. The fourth-order valence-electron chi connectivity index (χ4n) is 7.62. The van der Waals surface area contributed by atoms with Crippen LogP contribution in [0.15, 0.2) is 71.3 Å². The molecule has 4 aromatic rings. The number of aromatic amines is 1. The second kappa shape index (κ2) is 30.2. The molecule has 0 spiro atoms. The Morgan fingerprint density at radius 2 is 1.74 bits per heavy atom. The van der Waals surface area contributed by atoms with Gasteiger partial charge in [0.1, 0.15) is 11.2 Å². The maximum atomic E-state index is 12.9. The largest absolute Gasteiger partial charge is 1.00 e. The van der Waals surface area contributed by atoms with E-state index in [4.69, 9.17) is 15.6 Å². The number of amides is 4. The van der Waals surface area contributed by atoms with Crippen molar-refractivity contribution in [3.8, 4) is 11.1 Å². The van der Waals surface area contributed by atoms with E-state index in [9.17, 15) is 28.8 Å². The van der Waals surface area contributed by atoms with E-state index in [1.807, 2.05) is 90.1 Å². The summed E-state index contributed by atoms with van der Waals surface area (Å²) in [4.78, 5) is 77.5. The molecule has 2 aliphatic heterocycles. The molecule has 4 heterocycles. The van der Waals surface area contributed by atoms with Crippen molar-refractivity contribution in [1.82, 2.24) is 24.1 Å². The number of hydrogen-bond acceptors (Lipinski definition) is 10. The number of thiol groups is 1. The van der Waals surface area contributed by atoms with Gasteiger partial charge >= 0.3 is 57.4 Å². The van der Waals surface area contributed by atoms with Crippen LogP contribution in [-0.2, 0) is 37.5 Å². The number of nitrogens with one attached hydrogen (secondary N) is 3. The molecule has 6 N–H and O–H groups in total. The van der Waals surface area contributed by atoms with Crippen molar-refractivity contribution in [1.29, 1.82) is 0 Å². The van der Waals surface area contributed by atoms with Crippen molar-refractivity contribution in [3.63, 3.8) is 0 Å². The monoisotopic (exact) mass is 983 g/mol. The summed E-state index contributed by atoms with van der Waals surface area (Å²) >= 11 is 4.51. The first-order valence-electron chi connectivity index (χ1n) is 23.0. The number of carbonyl (C=O) groups excluding carboxylic acids is 4. The van der Waals surface area contributed by atoms with Crippen molar-refractivity contribution in [2.45, 2.75) is 119 Å². The number of pyridine rings is 1. The van der Waals surface area contributed by atoms with Gasteiger partial charge in [0.25, 0.3) is 11.5 Å². The van der Waals surface area contributed by atoms with Gasteiger partial charge in [-0.05, 0) is 50.1 Å². The number of aromatic nitrogens is 2. The van der Waals surface area contributed by atoms with Crippen molar-refractivity contribution in [2.24, 2.45) is 12.8 Å². The molecule has 2 atom stereocenters. The van der Waals surface area contributed by atoms with Crippen LogP contribution in [0.5, 0.6) is 0 Å². The number of benzene rings is 2. The number of rotatable bonds is 18. The molecule has 0 aliphatic carbocycles. The number of aryl methyl sites for hydroxylation is 1. The first-order valence-corrected chi connectivity index (χ1v) is 23.4. The Morgan fingerprint density at radius 3 is 2.31 bits per heavy atom. The topological polar surface area (TPSA) is 226 Å². The Balaban J connectivity index is 0.000000407. The van der Waals surface area contributed by atoms with Gasteiger partial charge in [0.15, 0.2) is 0 Å². The van der Waals surface area contributed by atoms with Crippen LogP contribution >= 0.6 is 12.8 Å². The van der Waals surface area contributed by atoms with E-state index in [0.717, 1.165) is 47.5 Å². The molecule has 0 bridgehead atoms. The minimum Gasteiger partial charge on any atom is -0.643 e. The van der Waals surface area contributed by atoms with Gasteiger partial charge in [-0.3, -0.25) is 33.1 Å². The maximum absolute atomic E-state index is 12.9. The molecule has 1 saturated heterocycles. The Hall–Kier alpha value is -4.47. The molecule has 366 valence electrons. The van der Waals surface area contributed by atoms with Crippen molar-refractivity contribution in [2.75, 3.05) is 36.6 Å². The number of nitrogens with two attached hydrogens (primary N) is 1. The summed E-state index contributed by atoms with van der Waals surface area (Å²) < 4.78 is 8.69. The number of ether oxygens (including phenoxy) is 1. The Kier molecular flexibility index (Phi) is 26.5. The molecule has 0 radical (unpaired) electrons. The Bertz CT molecular complexity index is 2370. The summed E-state index contributed by atoms with van der Waals surface area (Å²) in [5.41, 5.74) is 11.7. The predicted octanol–water partition coefficient (Wildman–Crippen LogP) is 4.84. The first-order chi connectivity index (χ1) is 32.1. The molecule has 4 amide bonds. The molecule has 19 heteroatoms. The van der Waals surface area contributed by atoms with Gasteiger partial charge in [0.2, 0.25) is 18.2 Å². The van der Waals surface area contributed by atoms with Crippen molar-refractivity contribution >= 4 is 70.9 Å². The molecule has 68 heavy (non-hydrogen) atoms. The van der Waals surface area contributed by atoms with Crippen LogP contribution in [0.2, 0.25) is 0 Å². The van der Waals surface area contributed by atoms with Gasteiger partial charge in [-0.2, -0.15) is 0 Å². The third-order valence-electron chi connectivity index (χ3n) is 10.9. The van der Waals surface area contributed by atoms with Gasteiger partial charge in [0.05, 0.1) is 31.8 Å². The van der Waals surface area contributed by atoms with Crippen LogP contribution in [0.1, 0.15) is 110 Å². The van der Waals surface area contributed by atoms with Gasteiger partial charge in [-0.15, -0.1) is 6.04 Å². The normalized spacial score (nSPS) is 15.0. The van der Waals surface area contributed by atoms with E-state index in [0.29, 0.717) is 67.8 Å². The van der Waals surface area contributed by atoms with Crippen LogP contribution in [0.25, 0.3) is 27.3 Å². The smallest absolute Gasteiger partial charge is 0.643 e. The number of primary amides is 1. The van der Waals surface area contributed by atoms with Crippen LogP contribution < -0.4 is 78.2 Å². The number of unbranched alkanes of at least 4 members (excludes halogenated alkanes) is 2. The average molecular weight is 984 g/mol. The summed E-state index contributed by atoms with van der Waals surface area (Å²) in [7, 11) is 1.66. The quantitative estimate of drug-likeness (QED) is 0.0344. The summed E-state index contributed by atoms with van der Waals surface area (Å²) in [6.45, 7) is 17.5. The number of carboxylic acid groups (broad SMARTS) is 1. The van der Waals surface area contributed by atoms with Crippen LogP contribution in [0.4, 0.5) is 17.1 Å². The molecule has 1 fully saturated rings. The van der Waals surface area contributed by atoms with E-state index < -0.39 is 11.9 Å². The van der Waals surface area contributed by atoms with E-state index in [1.165, 1.54) is 8.87 Å². The molecular formula is C49H70KN9O8S. The Morgan fingerprint density at radius 1 is 1.06 bits per heavy atom. The fourth-order valence-corrected chi connectivity index (χ4v) is 7.98. The molecule has 0 saturated carbocycles. The van der Waals surface area contributed by atoms with Crippen LogP contribution in [0.3, 0.4) is 0 Å². The zero-order valence-corrected chi connectivity index (χ0v) is 45.4. The molecule has 17 nitrogen and oxygen atoms in total. The third-order valence-corrected chi connectivity index (χ3v) is 11.4. The molecular weight excluding hydrogens is 914 g/mol. The summed E-state index contributed by atoms with van der Waals surface area (Å²) in [5.74, 6) is -1.46. The van der Waals surface area contributed by atoms with Gasteiger partial charge < -0.3 is 50.9 Å². The SMILES string of the molecule is CC.CCC(=O)O.CCCC/C=C1\C(N(S)C(=O)CC)CC(COCC)N1CC(=O)NC[N-]C(C)C.Cn1cc2c3c(c(C(N)=O)[nH]c3c1=O)CN(c1ccccc1)c1ccc(NC=O)cc1-2.[K+]. The second-order valence-electron chi connectivity index (χ2n) is 15.8. The Labute approximate surface area is 448 Å². The number of allylic oxidation sites excluding steroid dienone is 1. The van der Waals surface area contributed by atoms with Crippen LogP contribution in [0, 0.1) is 0 Å². The molecule has 2 aliphatic rings. The molecule has 2 aromatic carbocycles. The summed E-state index contributed by atoms with van der Waals surface area (Å²) in [5, 5.41) is 18.3. The van der Waals surface area contributed by atoms with E-state index in [-0.39, 0.29) is 106 Å². The number of H-pyrrole nitrogens is 1. The molecule has 2 unspecified atom stereocenters. The number of carbonyl (C=O) groups is 5. The number of aliphatic carboxylic acids is 1. The standard InChI is InChI=1S/C23H19N5O3.C21H39N4O3S.C3H6O2.C2H6.K/c1-27-10-16-15-9-13(25-12-29)7-8-18(15)28(14-5-3-2-4-6-14)11-17-19(16)21(23(27)31)26-20(17)22(24)30;1-6-9-10-11-18-19(25(29)21(27)7-2)12-17(14-28-8-3)24(18)13-20(26)23-15-22-16(4)5;1-2-3(4)5;1-2;/h2-10,12,26H,11H2,1H3,(H2,24,30)(H,25,29);11,16-17,19,29H,6-10,12-15H2,1-5H3,(H,23,26);2H2,1H3,(H,4,5);1-2H3;/q;-1;;;+1/b;18-11+;;;.